The van der Waals surface area contributed by atoms with Gasteiger partial charge in [0.25, 0.3) is 11.8 Å². The maximum Gasteiger partial charge on any atom is 0.356 e. The van der Waals surface area contributed by atoms with Crippen LogP contribution in [0.4, 0.5) is 5.13 Å². The Morgan fingerprint density at radius 1 is 1.12 bits per heavy atom. The van der Waals surface area contributed by atoms with E-state index in [1.54, 1.807) is 18.5 Å². The van der Waals surface area contributed by atoms with Crippen LogP contribution in [0.1, 0.15) is 41.1 Å². The third-order valence-corrected chi connectivity index (χ3v) is 10.5. The molecule has 1 unspecified atom stereocenters. The average Bonchev–Trinajstić information content (AvgIpc) is 3.56. The monoisotopic (exact) mass is 712 g/mol. The van der Waals surface area contributed by atoms with Gasteiger partial charge in [-0.1, -0.05) is 83.6 Å². The number of aryl methyl sites for hydroxylation is 1. The van der Waals surface area contributed by atoms with Gasteiger partial charge in [-0.25, -0.2) is 9.78 Å². The number of nitrogens with two attached hydrogens (primary N) is 1. The zero-order chi connectivity index (χ0) is 34.3. The number of β-lactam (4-membered cyclic amide) rings is 1. The first-order valence-corrected chi connectivity index (χ1v) is 18.1. The standard InChI is InChI=1S/C35H32N6O5S3/c1-3-45-40-27(25-19-49-35(36)38-25)31(42)39-28-32(43)41-29(26(20-48-33(28)41)47-17-16-22-15-14-21(2)37-18-22)34(44)46-30(23-10-6-4-7-11-23)24-12-8-5-9-13-24/h4-19,28,30,33H,3,20H2,1-2H3,(H2,36,38)(H,39,42)/b17-16-,40-27?/t28?,33-/m1/s1. The molecule has 0 aliphatic carbocycles. The molecule has 2 aliphatic heterocycles. The first-order valence-electron chi connectivity index (χ1n) is 15.3. The molecule has 3 N–H and O–H groups in total. The summed E-state index contributed by atoms with van der Waals surface area (Å²) in [5.41, 5.74) is 9.44. The third-order valence-electron chi connectivity index (χ3n) is 7.51. The van der Waals surface area contributed by atoms with Gasteiger partial charge in [0.1, 0.15) is 29.4 Å². The summed E-state index contributed by atoms with van der Waals surface area (Å²) < 4.78 is 6.24. The van der Waals surface area contributed by atoms with Crippen molar-refractivity contribution in [2.24, 2.45) is 5.16 Å². The van der Waals surface area contributed by atoms with E-state index in [9.17, 15) is 14.4 Å². The molecule has 4 aromatic rings. The third kappa shape index (κ3) is 7.71. The number of amides is 2. The number of hydrogen-bond acceptors (Lipinski definition) is 12. The number of carbonyl (C=O) groups is 3. The van der Waals surface area contributed by atoms with Crippen molar-refractivity contribution in [2.75, 3.05) is 18.1 Å². The van der Waals surface area contributed by atoms with E-state index >= 15 is 0 Å². The number of carbonyl (C=O) groups excluding carboxylic acids is 3. The summed E-state index contributed by atoms with van der Waals surface area (Å²) in [4.78, 5) is 57.2. The van der Waals surface area contributed by atoms with Crippen LogP contribution in [-0.4, -0.2) is 62.1 Å². The summed E-state index contributed by atoms with van der Waals surface area (Å²) in [5, 5.41) is 9.87. The molecule has 2 aromatic carbocycles. The zero-order valence-corrected chi connectivity index (χ0v) is 29.0. The predicted octanol–water partition coefficient (Wildman–Crippen LogP) is 5.52. The molecule has 6 rings (SSSR count). The number of fused-ring (bicyclic) bond motifs is 1. The van der Waals surface area contributed by atoms with Gasteiger partial charge in [0.2, 0.25) is 0 Å². The van der Waals surface area contributed by atoms with Gasteiger partial charge < -0.3 is 20.6 Å². The van der Waals surface area contributed by atoms with Gasteiger partial charge in [0.05, 0.1) is 0 Å². The molecule has 0 radical (unpaired) electrons. The molecule has 4 heterocycles. The Kier molecular flexibility index (Phi) is 10.8. The number of hydrogen-bond donors (Lipinski definition) is 2. The van der Waals surface area contributed by atoms with Crippen LogP contribution in [0.15, 0.2) is 106 Å². The molecule has 2 aromatic heterocycles. The Hall–Kier alpha value is -4.92. The van der Waals surface area contributed by atoms with E-state index in [4.69, 9.17) is 15.3 Å². The minimum absolute atomic E-state index is 0.0995. The van der Waals surface area contributed by atoms with Crippen molar-refractivity contribution in [1.82, 2.24) is 20.2 Å². The molecule has 2 amide bonds. The minimum atomic E-state index is -0.928. The van der Waals surface area contributed by atoms with E-state index in [2.05, 4.69) is 20.4 Å². The van der Waals surface area contributed by atoms with Crippen molar-refractivity contribution in [1.29, 1.82) is 0 Å². The summed E-state index contributed by atoms with van der Waals surface area (Å²) in [6.07, 6.45) is 2.94. The van der Waals surface area contributed by atoms with Crippen molar-refractivity contribution < 1.29 is 24.0 Å². The van der Waals surface area contributed by atoms with Gasteiger partial charge in [-0.05, 0) is 48.1 Å². The van der Waals surface area contributed by atoms with Gasteiger partial charge in [-0.15, -0.1) is 23.1 Å². The van der Waals surface area contributed by atoms with Crippen molar-refractivity contribution >= 4 is 69.6 Å². The van der Waals surface area contributed by atoms with Gasteiger partial charge >= 0.3 is 5.97 Å². The highest BCUT2D eigenvalue weighted by molar-refractivity contribution is 8.08. The number of aromatic nitrogens is 2. The summed E-state index contributed by atoms with van der Waals surface area (Å²) >= 11 is 3.93. The number of anilines is 1. The van der Waals surface area contributed by atoms with Crippen LogP contribution in [0, 0.1) is 6.92 Å². The molecule has 2 aliphatic rings. The Bertz CT molecular complexity index is 1880. The minimum Gasteiger partial charge on any atom is -0.448 e. The maximum absolute atomic E-state index is 14.2. The molecule has 14 heteroatoms. The second-order valence-corrected chi connectivity index (χ2v) is 13.8. The summed E-state index contributed by atoms with van der Waals surface area (Å²) in [5.74, 6) is -1.35. The fourth-order valence-corrected chi connectivity index (χ4v) is 8.03. The lowest BCUT2D eigenvalue weighted by Crippen LogP contribution is -2.71. The summed E-state index contributed by atoms with van der Waals surface area (Å²) in [6.45, 7) is 3.87. The molecule has 1 saturated heterocycles. The van der Waals surface area contributed by atoms with Crippen molar-refractivity contribution in [3.8, 4) is 0 Å². The van der Waals surface area contributed by atoms with Crippen molar-refractivity contribution in [3.05, 3.63) is 128 Å². The Labute approximate surface area is 295 Å². The smallest absolute Gasteiger partial charge is 0.356 e. The van der Waals surface area contributed by atoms with E-state index in [0.717, 1.165) is 33.7 Å². The van der Waals surface area contributed by atoms with Crippen LogP contribution in [0.2, 0.25) is 0 Å². The first-order chi connectivity index (χ1) is 23.8. The summed E-state index contributed by atoms with van der Waals surface area (Å²) in [7, 11) is 0. The zero-order valence-electron chi connectivity index (χ0n) is 26.5. The predicted molar refractivity (Wildman–Crippen MR) is 193 cm³/mol. The van der Waals surface area contributed by atoms with Crippen LogP contribution < -0.4 is 11.1 Å². The number of nitrogen functional groups attached to an aromatic ring is 1. The summed E-state index contributed by atoms with van der Waals surface area (Å²) in [6, 6.07) is 21.8. The number of thioether (sulfide) groups is 2. The number of oxime groups is 1. The van der Waals surface area contributed by atoms with E-state index in [0.29, 0.717) is 10.7 Å². The SMILES string of the molecule is CCON=C(C(=O)NC1C(=O)N2C(C(=O)OC(c3ccccc3)c3ccccc3)=C(S/C=C\c3ccc(C)nc3)CS[C@H]12)c1csc(N)n1. The topological polar surface area (TPSA) is 149 Å². The first kappa shape index (κ1) is 34.0. The van der Waals surface area contributed by atoms with Crippen LogP contribution in [0.3, 0.4) is 0 Å². The second kappa shape index (κ2) is 15.5. The lowest BCUT2D eigenvalue weighted by molar-refractivity contribution is -0.154. The molecule has 2 atom stereocenters. The van der Waals surface area contributed by atoms with E-state index in [1.807, 2.05) is 91.2 Å². The normalized spacial score (nSPS) is 17.6. The molecule has 49 heavy (non-hydrogen) atoms. The highest BCUT2D eigenvalue weighted by Gasteiger charge is 2.55. The van der Waals surface area contributed by atoms with E-state index < -0.39 is 35.3 Å². The largest absolute Gasteiger partial charge is 0.448 e. The number of ether oxygens (including phenoxy) is 1. The molecule has 1 fully saturated rings. The number of pyridine rings is 1. The van der Waals surface area contributed by atoms with Crippen molar-refractivity contribution in [2.45, 2.75) is 31.4 Å². The van der Waals surface area contributed by atoms with Crippen LogP contribution in [0.25, 0.3) is 6.08 Å². The maximum atomic E-state index is 14.2. The molecule has 11 nitrogen and oxygen atoms in total. The second-order valence-electron chi connectivity index (χ2n) is 10.8. The quantitative estimate of drug-likeness (QED) is 0.0833. The number of esters is 1. The van der Waals surface area contributed by atoms with Crippen LogP contribution in [-0.2, 0) is 24.0 Å². The van der Waals surface area contributed by atoms with E-state index in [-0.39, 0.29) is 28.8 Å². The molecule has 0 spiro atoms. The van der Waals surface area contributed by atoms with Gasteiger partial charge in [-0.2, -0.15) is 0 Å². The fraction of sp³-hybridized carbons (Fsp3) is 0.200. The fourth-order valence-electron chi connectivity index (χ4n) is 5.13. The molecule has 0 saturated carbocycles. The number of benzene rings is 2. The van der Waals surface area contributed by atoms with Gasteiger partial charge in [-0.3, -0.25) is 19.5 Å². The Balaban J connectivity index is 1.29. The van der Waals surface area contributed by atoms with Crippen LogP contribution >= 0.6 is 34.9 Å². The molecular formula is C35H32N6O5S3. The number of nitrogens with one attached hydrogen (secondary N) is 1. The number of rotatable bonds is 12. The van der Waals surface area contributed by atoms with Gasteiger partial charge in [0, 0.05) is 27.9 Å². The van der Waals surface area contributed by atoms with Crippen LogP contribution in [0.5, 0.6) is 0 Å². The average molecular weight is 713 g/mol. The number of thiazole rings is 1. The highest BCUT2D eigenvalue weighted by Crippen LogP contribution is 2.45. The molecular weight excluding hydrogens is 681 g/mol. The highest BCUT2D eigenvalue weighted by atomic mass is 32.2. The number of nitrogens with zero attached hydrogens (tertiary/aromatic N) is 4. The molecule has 250 valence electrons. The van der Waals surface area contributed by atoms with Gasteiger partial charge in [0.15, 0.2) is 16.9 Å². The Morgan fingerprint density at radius 2 is 1.84 bits per heavy atom. The Morgan fingerprint density at radius 3 is 2.45 bits per heavy atom. The molecule has 0 bridgehead atoms. The van der Waals surface area contributed by atoms with Crippen molar-refractivity contribution in [3.63, 3.8) is 0 Å². The lowest BCUT2D eigenvalue weighted by atomic mass is 10.0. The lowest BCUT2D eigenvalue weighted by Gasteiger charge is -2.49. The van der Waals surface area contributed by atoms with E-state index in [1.165, 1.54) is 28.4 Å².